The van der Waals surface area contributed by atoms with Crippen LogP contribution in [0.4, 0.5) is 5.95 Å². The molecule has 0 saturated carbocycles. The molecule has 27 heavy (non-hydrogen) atoms. The first kappa shape index (κ1) is 16.7. The molecule has 2 aromatic heterocycles. The number of hydrogen-bond donors (Lipinski definition) is 2. The molecule has 0 bridgehead atoms. The van der Waals surface area contributed by atoms with Crippen LogP contribution in [0.3, 0.4) is 0 Å². The summed E-state index contributed by atoms with van der Waals surface area (Å²) in [6.07, 6.45) is 0.478. The molecule has 7 heteroatoms. The molecule has 7 nitrogen and oxygen atoms in total. The number of carbonyl (C=O) groups excluding carboxylic acids is 1. The molecule has 0 aliphatic heterocycles. The summed E-state index contributed by atoms with van der Waals surface area (Å²) in [4.78, 5) is 33.7. The van der Waals surface area contributed by atoms with Gasteiger partial charge in [-0.2, -0.15) is 9.50 Å². The SMILES string of the molecule is Cc1nc2nc(NC(=O)c3ccccc3)[nH]n2c(=O)c1Cc1ccccc1. The van der Waals surface area contributed by atoms with Crippen molar-refractivity contribution in [3.63, 3.8) is 0 Å². The third-order valence-electron chi connectivity index (χ3n) is 4.29. The zero-order valence-electron chi connectivity index (χ0n) is 14.6. The lowest BCUT2D eigenvalue weighted by Crippen LogP contribution is -2.22. The van der Waals surface area contributed by atoms with Crippen LogP contribution >= 0.6 is 0 Å². The Morgan fingerprint density at radius 3 is 2.41 bits per heavy atom. The summed E-state index contributed by atoms with van der Waals surface area (Å²) in [7, 11) is 0. The number of hydrogen-bond acceptors (Lipinski definition) is 4. The molecule has 0 aliphatic rings. The largest absolute Gasteiger partial charge is 0.291 e. The molecule has 0 atom stereocenters. The number of fused-ring (bicyclic) bond motifs is 1. The van der Waals surface area contributed by atoms with Crippen LogP contribution in [-0.4, -0.2) is 25.5 Å². The van der Waals surface area contributed by atoms with E-state index in [2.05, 4.69) is 20.4 Å². The van der Waals surface area contributed by atoms with E-state index < -0.39 is 0 Å². The van der Waals surface area contributed by atoms with Crippen molar-refractivity contribution >= 4 is 17.6 Å². The summed E-state index contributed by atoms with van der Waals surface area (Å²) in [6, 6.07) is 18.5. The van der Waals surface area contributed by atoms with Gasteiger partial charge in [-0.1, -0.05) is 48.5 Å². The van der Waals surface area contributed by atoms with E-state index in [-0.39, 0.29) is 23.2 Å². The Bertz CT molecular complexity index is 1160. The van der Waals surface area contributed by atoms with Crippen LogP contribution in [0.5, 0.6) is 0 Å². The zero-order chi connectivity index (χ0) is 18.8. The van der Waals surface area contributed by atoms with Gasteiger partial charge in [0.25, 0.3) is 17.2 Å². The Kier molecular flexibility index (Phi) is 4.25. The van der Waals surface area contributed by atoms with Gasteiger partial charge in [0, 0.05) is 17.5 Å². The van der Waals surface area contributed by atoms with Crippen molar-refractivity contribution in [1.82, 2.24) is 19.6 Å². The molecular weight excluding hydrogens is 342 g/mol. The number of anilines is 1. The summed E-state index contributed by atoms with van der Waals surface area (Å²) in [5.74, 6) is 0.0753. The highest BCUT2D eigenvalue weighted by Crippen LogP contribution is 2.11. The lowest BCUT2D eigenvalue weighted by molar-refractivity contribution is 0.102. The van der Waals surface area contributed by atoms with Crippen molar-refractivity contribution in [2.75, 3.05) is 5.32 Å². The molecule has 0 radical (unpaired) electrons. The van der Waals surface area contributed by atoms with Crippen LogP contribution in [0.1, 0.15) is 27.2 Å². The van der Waals surface area contributed by atoms with Gasteiger partial charge in [-0.05, 0) is 24.6 Å². The highest BCUT2D eigenvalue weighted by Gasteiger charge is 2.15. The van der Waals surface area contributed by atoms with Crippen LogP contribution in [0.25, 0.3) is 5.78 Å². The maximum atomic E-state index is 12.9. The van der Waals surface area contributed by atoms with Crippen LogP contribution in [0.2, 0.25) is 0 Å². The highest BCUT2D eigenvalue weighted by atomic mass is 16.2. The fourth-order valence-electron chi connectivity index (χ4n) is 2.88. The minimum atomic E-state index is -0.316. The lowest BCUT2D eigenvalue weighted by atomic mass is 10.1. The number of benzene rings is 2. The second-order valence-electron chi connectivity index (χ2n) is 6.17. The van der Waals surface area contributed by atoms with Crippen molar-refractivity contribution in [1.29, 1.82) is 0 Å². The summed E-state index contributed by atoms with van der Waals surface area (Å²) in [6.45, 7) is 1.79. The number of rotatable bonds is 4. The monoisotopic (exact) mass is 359 g/mol. The summed E-state index contributed by atoms with van der Waals surface area (Å²) < 4.78 is 1.26. The third kappa shape index (κ3) is 3.35. The molecule has 2 aromatic carbocycles. The van der Waals surface area contributed by atoms with E-state index in [1.807, 2.05) is 36.4 Å². The minimum Gasteiger partial charge on any atom is -0.291 e. The summed E-state index contributed by atoms with van der Waals surface area (Å²) >= 11 is 0. The Hall–Kier alpha value is -3.74. The lowest BCUT2D eigenvalue weighted by Gasteiger charge is -2.04. The van der Waals surface area contributed by atoms with Gasteiger partial charge in [-0.3, -0.25) is 20.0 Å². The Morgan fingerprint density at radius 1 is 1.04 bits per heavy atom. The highest BCUT2D eigenvalue weighted by molar-refractivity contribution is 6.03. The number of nitrogens with one attached hydrogen (secondary N) is 2. The van der Waals surface area contributed by atoms with E-state index in [4.69, 9.17) is 0 Å². The fraction of sp³-hybridized carbons (Fsp3) is 0.100. The number of amides is 1. The van der Waals surface area contributed by atoms with E-state index in [9.17, 15) is 9.59 Å². The average Bonchev–Trinajstić information content (AvgIpc) is 3.09. The fourth-order valence-corrected chi connectivity index (χ4v) is 2.88. The maximum absolute atomic E-state index is 12.9. The second-order valence-corrected chi connectivity index (χ2v) is 6.17. The minimum absolute atomic E-state index is 0.171. The van der Waals surface area contributed by atoms with E-state index in [1.165, 1.54) is 4.52 Å². The van der Waals surface area contributed by atoms with Crippen molar-refractivity contribution in [3.8, 4) is 0 Å². The summed E-state index contributed by atoms with van der Waals surface area (Å²) in [5, 5.41) is 5.47. The number of carbonyl (C=O) groups is 1. The first-order valence-corrected chi connectivity index (χ1v) is 8.50. The van der Waals surface area contributed by atoms with Gasteiger partial charge in [0.05, 0.1) is 5.69 Å². The van der Waals surface area contributed by atoms with Crippen LogP contribution in [0.15, 0.2) is 65.5 Å². The molecule has 2 heterocycles. The first-order valence-electron chi connectivity index (χ1n) is 8.50. The number of aryl methyl sites for hydroxylation is 1. The van der Waals surface area contributed by atoms with Crippen molar-refractivity contribution in [2.24, 2.45) is 0 Å². The topological polar surface area (TPSA) is 92.2 Å². The van der Waals surface area contributed by atoms with Gasteiger partial charge in [0.1, 0.15) is 0 Å². The molecule has 134 valence electrons. The molecule has 0 saturated heterocycles. The number of aromatic nitrogens is 4. The average molecular weight is 359 g/mol. The molecule has 0 unspecified atom stereocenters. The van der Waals surface area contributed by atoms with Crippen LogP contribution < -0.4 is 10.9 Å². The number of nitrogens with zero attached hydrogens (tertiary/aromatic N) is 3. The van der Waals surface area contributed by atoms with Gasteiger partial charge in [0.2, 0.25) is 5.95 Å². The predicted octanol–water partition coefficient (Wildman–Crippen LogP) is 2.57. The van der Waals surface area contributed by atoms with Gasteiger partial charge in [0.15, 0.2) is 0 Å². The maximum Gasteiger partial charge on any atom is 0.277 e. The van der Waals surface area contributed by atoms with Crippen LogP contribution in [-0.2, 0) is 6.42 Å². The van der Waals surface area contributed by atoms with E-state index in [0.29, 0.717) is 23.2 Å². The van der Waals surface area contributed by atoms with Crippen molar-refractivity contribution in [2.45, 2.75) is 13.3 Å². The van der Waals surface area contributed by atoms with Gasteiger partial charge in [-0.15, -0.1) is 0 Å². The third-order valence-corrected chi connectivity index (χ3v) is 4.29. The van der Waals surface area contributed by atoms with E-state index >= 15 is 0 Å². The van der Waals surface area contributed by atoms with E-state index in [0.717, 1.165) is 5.56 Å². The Morgan fingerprint density at radius 2 is 1.70 bits per heavy atom. The number of H-pyrrole nitrogens is 1. The molecular formula is C20H17N5O2. The zero-order valence-corrected chi connectivity index (χ0v) is 14.6. The van der Waals surface area contributed by atoms with Crippen molar-refractivity contribution in [3.05, 3.63) is 93.4 Å². The second kappa shape index (κ2) is 6.87. The smallest absolute Gasteiger partial charge is 0.277 e. The van der Waals surface area contributed by atoms with Gasteiger partial charge < -0.3 is 0 Å². The molecule has 1 amide bonds. The quantitative estimate of drug-likeness (QED) is 0.586. The molecule has 4 rings (SSSR count). The molecule has 4 aromatic rings. The van der Waals surface area contributed by atoms with Gasteiger partial charge in [-0.25, -0.2) is 4.98 Å². The normalized spacial score (nSPS) is 10.9. The molecule has 0 fully saturated rings. The summed E-state index contributed by atoms with van der Waals surface area (Å²) in [5.41, 5.74) is 2.50. The molecule has 0 spiro atoms. The van der Waals surface area contributed by atoms with Crippen LogP contribution in [0, 0.1) is 6.92 Å². The number of aromatic amines is 1. The molecule has 0 aliphatic carbocycles. The van der Waals surface area contributed by atoms with E-state index in [1.54, 1.807) is 31.2 Å². The Labute approximate surface area is 154 Å². The van der Waals surface area contributed by atoms with Gasteiger partial charge >= 0.3 is 0 Å². The molecule has 2 N–H and O–H groups in total. The van der Waals surface area contributed by atoms with Crippen molar-refractivity contribution < 1.29 is 4.79 Å². The first-order chi connectivity index (χ1) is 13.1. The predicted molar refractivity (Wildman–Crippen MR) is 102 cm³/mol. The Balaban J connectivity index is 1.67. The standard InChI is InChI=1S/C20H17N5O2/c1-13-16(12-14-8-4-2-5-9-14)18(27)25-20(21-13)23-19(24-25)22-17(26)15-10-6-3-7-11-15/h2-11H,12H2,1H3,(H2,21,22,23,24,26).